The molecule has 9 heteroatoms. The van der Waals surface area contributed by atoms with Gasteiger partial charge >= 0.3 is 12.1 Å². The lowest BCUT2D eigenvalue weighted by Crippen LogP contribution is -2.64. The molecule has 1 fully saturated rings. The number of unbranched alkanes of at least 4 members (excludes halogenated alkanes) is 4. The lowest BCUT2D eigenvalue weighted by Gasteiger charge is -2.44. The summed E-state index contributed by atoms with van der Waals surface area (Å²) in [6, 6.07) is 17.9. The maximum atomic E-state index is 14.4. The monoisotopic (exact) mass is 592 g/mol. The zero-order valence-corrected chi connectivity index (χ0v) is 27.0. The summed E-state index contributed by atoms with van der Waals surface area (Å²) in [4.78, 5) is 53.1. The summed E-state index contributed by atoms with van der Waals surface area (Å²) in [7, 11) is 5.72. The number of likely N-dealkylation sites (N-methyl/N-ethyl adjacent to an activating group) is 2. The molecule has 1 aliphatic rings. The van der Waals surface area contributed by atoms with E-state index >= 15 is 0 Å². The average Bonchev–Trinajstić information content (AvgIpc) is 3.03. The fourth-order valence-electron chi connectivity index (χ4n) is 5.37. The molecular formula is C34H52N6O3. The topological polar surface area (TPSA) is 70.7 Å². The Morgan fingerprint density at radius 1 is 0.698 bits per heavy atom. The van der Waals surface area contributed by atoms with E-state index in [-0.39, 0.29) is 31.1 Å². The predicted octanol–water partition coefficient (Wildman–Crippen LogP) is 5.75. The first-order valence-electron chi connectivity index (χ1n) is 15.9. The summed E-state index contributed by atoms with van der Waals surface area (Å²) in [5.41, 5.74) is 1.45. The van der Waals surface area contributed by atoms with E-state index in [2.05, 4.69) is 13.8 Å². The molecule has 2 aromatic rings. The van der Waals surface area contributed by atoms with Gasteiger partial charge in [0.25, 0.3) is 0 Å². The molecule has 1 unspecified atom stereocenters. The van der Waals surface area contributed by atoms with E-state index in [9.17, 15) is 14.4 Å². The van der Waals surface area contributed by atoms with Crippen molar-refractivity contribution < 1.29 is 14.4 Å². The van der Waals surface area contributed by atoms with Crippen molar-refractivity contribution in [3.8, 4) is 0 Å². The van der Waals surface area contributed by atoms with Gasteiger partial charge in [-0.2, -0.15) is 0 Å². The molecule has 2 aromatic carbocycles. The maximum absolute atomic E-state index is 14.4. The minimum Gasteiger partial charge on any atom is -0.343 e. The van der Waals surface area contributed by atoms with Crippen molar-refractivity contribution in [2.75, 3.05) is 71.9 Å². The molecule has 43 heavy (non-hydrogen) atoms. The lowest BCUT2D eigenvalue weighted by molar-refractivity contribution is -0.136. The van der Waals surface area contributed by atoms with Gasteiger partial charge in [-0.15, -0.1) is 0 Å². The number of benzene rings is 2. The summed E-state index contributed by atoms with van der Waals surface area (Å²) in [5, 5.41) is 0. The Labute approximate surface area is 259 Å². The lowest BCUT2D eigenvalue weighted by atomic mass is 10.1. The van der Waals surface area contributed by atoms with Gasteiger partial charge < -0.3 is 24.5 Å². The summed E-state index contributed by atoms with van der Waals surface area (Å²) in [5.74, 6) is -0.155. The Morgan fingerprint density at radius 2 is 1.23 bits per heavy atom. The highest BCUT2D eigenvalue weighted by atomic mass is 16.2. The van der Waals surface area contributed by atoms with Crippen molar-refractivity contribution in [3.63, 3.8) is 0 Å². The second-order valence-corrected chi connectivity index (χ2v) is 11.7. The second-order valence-electron chi connectivity index (χ2n) is 11.7. The first-order valence-corrected chi connectivity index (χ1v) is 15.9. The number of amides is 5. The Hall–Kier alpha value is -3.59. The maximum Gasteiger partial charge on any atom is 0.329 e. The van der Waals surface area contributed by atoms with Crippen LogP contribution < -0.4 is 4.90 Å². The van der Waals surface area contributed by atoms with Gasteiger partial charge in [0.1, 0.15) is 6.04 Å². The standard InChI is InChI=1S/C34H52N6O3/c1-6-8-16-22-37(23-17-9-7-2)33(42)38-26-27-39(31(28-38)32(41)36(5)25-24-35(3)4)34(43)40(29-18-12-10-13-19-29)30-20-14-11-15-21-30/h10-15,18-21,31H,6-9,16-17,22-28H2,1-5H3. The van der Waals surface area contributed by atoms with Crippen LogP contribution in [0.1, 0.15) is 52.4 Å². The van der Waals surface area contributed by atoms with Crippen molar-refractivity contribution in [2.24, 2.45) is 0 Å². The SMILES string of the molecule is CCCCCN(CCCCC)C(=O)N1CCN(C(=O)N(c2ccccc2)c2ccccc2)C(C(=O)N(C)CCN(C)C)C1. The number of hydrogen-bond acceptors (Lipinski definition) is 4. The molecule has 0 aromatic heterocycles. The predicted molar refractivity (Wildman–Crippen MR) is 175 cm³/mol. The number of hydrogen-bond donors (Lipinski definition) is 0. The molecule has 1 atom stereocenters. The first-order chi connectivity index (χ1) is 20.8. The van der Waals surface area contributed by atoms with Crippen molar-refractivity contribution in [1.29, 1.82) is 0 Å². The van der Waals surface area contributed by atoms with Crippen molar-refractivity contribution in [2.45, 2.75) is 58.4 Å². The highest BCUT2D eigenvalue weighted by Gasteiger charge is 2.41. The Balaban J connectivity index is 1.91. The molecule has 1 heterocycles. The number of anilines is 2. The molecule has 0 spiro atoms. The number of nitrogens with zero attached hydrogens (tertiary/aromatic N) is 6. The van der Waals surface area contributed by atoms with Gasteiger partial charge in [0, 0.05) is 46.3 Å². The summed E-state index contributed by atoms with van der Waals surface area (Å²) in [6.45, 7) is 7.81. The number of rotatable bonds is 14. The molecule has 0 radical (unpaired) electrons. The molecule has 0 bridgehead atoms. The molecule has 1 saturated heterocycles. The van der Waals surface area contributed by atoms with E-state index in [0.29, 0.717) is 32.7 Å². The summed E-state index contributed by atoms with van der Waals surface area (Å²) >= 11 is 0. The van der Waals surface area contributed by atoms with Gasteiger partial charge in [-0.1, -0.05) is 75.9 Å². The van der Waals surface area contributed by atoms with Gasteiger partial charge in [-0.05, 0) is 51.2 Å². The van der Waals surface area contributed by atoms with E-state index in [1.807, 2.05) is 84.6 Å². The molecular weight excluding hydrogens is 540 g/mol. The molecule has 9 nitrogen and oxygen atoms in total. The van der Waals surface area contributed by atoms with Gasteiger partial charge in [0.05, 0.1) is 17.9 Å². The van der Waals surface area contributed by atoms with Crippen molar-refractivity contribution in [1.82, 2.24) is 24.5 Å². The highest BCUT2D eigenvalue weighted by Crippen LogP contribution is 2.28. The third kappa shape index (κ3) is 9.71. The molecule has 3 rings (SSSR count). The molecule has 0 aliphatic carbocycles. The minimum absolute atomic E-state index is 0.0315. The van der Waals surface area contributed by atoms with E-state index < -0.39 is 6.04 Å². The third-order valence-corrected chi connectivity index (χ3v) is 7.99. The first kappa shape index (κ1) is 33.9. The number of para-hydroxylation sites is 2. The molecule has 0 N–H and O–H groups in total. The fourth-order valence-corrected chi connectivity index (χ4v) is 5.37. The normalized spacial score (nSPS) is 15.0. The van der Waals surface area contributed by atoms with Crippen LogP contribution in [0, 0.1) is 0 Å². The average molecular weight is 593 g/mol. The van der Waals surface area contributed by atoms with E-state index in [4.69, 9.17) is 0 Å². The number of carbonyl (C=O) groups excluding carboxylic acids is 3. The minimum atomic E-state index is -0.791. The van der Waals surface area contributed by atoms with Crippen LogP contribution in [0.3, 0.4) is 0 Å². The van der Waals surface area contributed by atoms with Gasteiger partial charge in [-0.3, -0.25) is 9.69 Å². The van der Waals surface area contributed by atoms with E-state index in [0.717, 1.165) is 49.9 Å². The molecule has 0 saturated carbocycles. The van der Waals surface area contributed by atoms with Crippen LogP contribution in [0.25, 0.3) is 0 Å². The second kappa shape index (κ2) is 17.5. The molecule has 236 valence electrons. The number of urea groups is 2. The van der Waals surface area contributed by atoms with Crippen LogP contribution in [-0.4, -0.2) is 115 Å². The van der Waals surface area contributed by atoms with Crippen molar-refractivity contribution >= 4 is 29.3 Å². The Bertz CT molecular complexity index is 1080. The Morgan fingerprint density at radius 3 is 1.72 bits per heavy atom. The van der Waals surface area contributed by atoms with Gasteiger partial charge in [0.2, 0.25) is 5.91 Å². The van der Waals surface area contributed by atoms with Crippen LogP contribution in [0.4, 0.5) is 21.0 Å². The van der Waals surface area contributed by atoms with E-state index in [1.54, 1.807) is 26.6 Å². The van der Waals surface area contributed by atoms with Crippen LogP contribution in [0.15, 0.2) is 60.7 Å². The summed E-state index contributed by atoms with van der Waals surface area (Å²) in [6.07, 6.45) is 6.26. The van der Waals surface area contributed by atoms with Gasteiger partial charge in [0.15, 0.2) is 0 Å². The zero-order chi connectivity index (χ0) is 31.2. The van der Waals surface area contributed by atoms with Crippen LogP contribution in [0.2, 0.25) is 0 Å². The fraction of sp³-hybridized carbons (Fsp3) is 0.559. The Kier molecular flexibility index (Phi) is 13.8. The smallest absolute Gasteiger partial charge is 0.329 e. The summed E-state index contributed by atoms with van der Waals surface area (Å²) < 4.78 is 0. The van der Waals surface area contributed by atoms with E-state index in [1.165, 1.54) is 0 Å². The van der Waals surface area contributed by atoms with Crippen LogP contribution >= 0.6 is 0 Å². The number of piperazine rings is 1. The number of carbonyl (C=O) groups is 3. The van der Waals surface area contributed by atoms with Crippen LogP contribution in [0.5, 0.6) is 0 Å². The quantitative estimate of drug-likeness (QED) is 0.262. The zero-order valence-electron chi connectivity index (χ0n) is 27.0. The van der Waals surface area contributed by atoms with Crippen molar-refractivity contribution in [3.05, 3.63) is 60.7 Å². The molecule has 1 aliphatic heterocycles. The third-order valence-electron chi connectivity index (χ3n) is 7.99. The largest absolute Gasteiger partial charge is 0.343 e. The van der Waals surface area contributed by atoms with Gasteiger partial charge in [-0.25, -0.2) is 9.59 Å². The molecule has 5 amide bonds. The van der Waals surface area contributed by atoms with Crippen LogP contribution in [-0.2, 0) is 4.79 Å². The highest BCUT2D eigenvalue weighted by molar-refractivity contribution is 6.01.